The number of rotatable bonds is 4. The van der Waals surface area contributed by atoms with Crippen LogP contribution in [0.15, 0.2) is 12.3 Å². The van der Waals surface area contributed by atoms with Gasteiger partial charge in [0, 0.05) is 13.2 Å². The molecule has 1 unspecified atom stereocenters. The molecule has 4 aliphatic rings. The first kappa shape index (κ1) is 12.9. The normalized spacial score (nSPS) is 40.2. The minimum absolute atomic E-state index is 0.474. The maximum atomic E-state index is 4.74. The van der Waals surface area contributed by atoms with Crippen molar-refractivity contribution in [2.45, 2.75) is 51.5 Å². The smallest absolute Gasteiger partial charge is 0.0799 e. The maximum absolute atomic E-state index is 4.74. The van der Waals surface area contributed by atoms with Gasteiger partial charge in [0.2, 0.25) is 0 Å². The summed E-state index contributed by atoms with van der Waals surface area (Å²) in [6, 6.07) is 2.70. The average molecular weight is 273 g/mol. The molecular weight excluding hydrogens is 246 g/mol. The van der Waals surface area contributed by atoms with E-state index in [0.29, 0.717) is 11.5 Å². The van der Waals surface area contributed by atoms with Crippen molar-refractivity contribution < 1.29 is 0 Å². The van der Waals surface area contributed by atoms with E-state index in [2.05, 4.69) is 24.5 Å². The fraction of sp³-hybridized carbons (Fsp3) is 0.824. The molecule has 0 amide bonds. The van der Waals surface area contributed by atoms with Crippen LogP contribution in [-0.4, -0.2) is 16.3 Å². The van der Waals surface area contributed by atoms with E-state index in [4.69, 9.17) is 5.10 Å². The number of nitrogens with one attached hydrogen (secondary N) is 1. The second-order valence-electron chi connectivity index (χ2n) is 7.68. The Labute approximate surface area is 122 Å². The Morgan fingerprint density at radius 1 is 1.25 bits per heavy atom. The summed E-state index contributed by atoms with van der Waals surface area (Å²) in [4.78, 5) is 0. The van der Waals surface area contributed by atoms with Crippen molar-refractivity contribution in [3.8, 4) is 0 Å². The lowest BCUT2D eigenvalue weighted by atomic mass is 9.47. The molecular formula is C17H27N3. The predicted octanol–water partition coefficient (Wildman–Crippen LogP) is 3.29. The number of hydrogen-bond acceptors (Lipinski definition) is 2. The second-order valence-corrected chi connectivity index (χ2v) is 7.68. The van der Waals surface area contributed by atoms with Gasteiger partial charge in [-0.3, -0.25) is 4.68 Å². The largest absolute Gasteiger partial charge is 0.308 e. The number of hydrogen-bond donors (Lipinski definition) is 1. The minimum Gasteiger partial charge on any atom is -0.308 e. The molecule has 20 heavy (non-hydrogen) atoms. The second kappa shape index (κ2) is 4.59. The van der Waals surface area contributed by atoms with E-state index in [1.807, 2.05) is 11.7 Å². The van der Waals surface area contributed by atoms with E-state index in [1.165, 1.54) is 44.2 Å². The van der Waals surface area contributed by atoms with Crippen molar-refractivity contribution in [1.82, 2.24) is 15.1 Å². The monoisotopic (exact) mass is 273 g/mol. The zero-order chi connectivity index (χ0) is 13.7. The van der Waals surface area contributed by atoms with Gasteiger partial charge < -0.3 is 5.32 Å². The van der Waals surface area contributed by atoms with E-state index >= 15 is 0 Å². The molecule has 3 nitrogen and oxygen atoms in total. The molecule has 1 heterocycles. The number of nitrogens with zero attached hydrogens (tertiary/aromatic N) is 2. The molecule has 4 bridgehead atoms. The van der Waals surface area contributed by atoms with Crippen LogP contribution >= 0.6 is 0 Å². The molecule has 1 aromatic rings. The standard InChI is InChI=1S/C17H27N3/c1-3-18-16(15-4-5-20(2)19-15)17-9-12-6-13(10-17)8-14(7-12)11-17/h4-5,12-14,16,18H,3,6-11H2,1-2H3. The Balaban J connectivity index is 1.68. The van der Waals surface area contributed by atoms with Crippen molar-refractivity contribution in [3.63, 3.8) is 0 Å². The van der Waals surface area contributed by atoms with E-state index in [1.54, 1.807) is 0 Å². The van der Waals surface area contributed by atoms with Gasteiger partial charge in [0.15, 0.2) is 0 Å². The molecule has 4 fully saturated rings. The van der Waals surface area contributed by atoms with Gasteiger partial charge in [0.05, 0.1) is 11.7 Å². The molecule has 4 aliphatic carbocycles. The molecule has 1 atom stereocenters. The third-order valence-electron chi connectivity index (χ3n) is 6.14. The first-order valence-corrected chi connectivity index (χ1v) is 8.41. The topological polar surface area (TPSA) is 29.9 Å². The van der Waals surface area contributed by atoms with Gasteiger partial charge in [-0.15, -0.1) is 0 Å². The fourth-order valence-corrected chi connectivity index (χ4v) is 5.96. The van der Waals surface area contributed by atoms with Crippen molar-refractivity contribution in [2.24, 2.45) is 30.2 Å². The molecule has 0 saturated heterocycles. The summed E-state index contributed by atoms with van der Waals surface area (Å²) in [6.07, 6.45) is 11.0. The predicted molar refractivity (Wildman–Crippen MR) is 80.2 cm³/mol. The van der Waals surface area contributed by atoms with Gasteiger partial charge in [0.25, 0.3) is 0 Å². The van der Waals surface area contributed by atoms with E-state index < -0.39 is 0 Å². The number of aryl methyl sites for hydroxylation is 1. The van der Waals surface area contributed by atoms with Crippen LogP contribution in [-0.2, 0) is 7.05 Å². The van der Waals surface area contributed by atoms with Crippen molar-refractivity contribution in [2.75, 3.05) is 6.54 Å². The van der Waals surface area contributed by atoms with Gasteiger partial charge in [-0.25, -0.2) is 0 Å². The Bertz CT molecular complexity index is 455. The quantitative estimate of drug-likeness (QED) is 0.912. The Hall–Kier alpha value is -0.830. The van der Waals surface area contributed by atoms with Gasteiger partial charge in [0.1, 0.15) is 0 Å². The van der Waals surface area contributed by atoms with Gasteiger partial charge in [-0.2, -0.15) is 5.10 Å². The molecule has 0 aliphatic heterocycles. The summed E-state index contributed by atoms with van der Waals surface area (Å²) in [7, 11) is 2.03. The van der Waals surface area contributed by atoms with Gasteiger partial charge in [-0.05, 0) is 74.3 Å². The third kappa shape index (κ3) is 1.93. The fourth-order valence-electron chi connectivity index (χ4n) is 5.96. The summed E-state index contributed by atoms with van der Waals surface area (Å²) < 4.78 is 1.96. The van der Waals surface area contributed by atoms with Crippen molar-refractivity contribution in [1.29, 1.82) is 0 Å². The molecule has 0 aromatic carbocycles. The zero-order valence-electron chi connectivity index (χ0n) is 12.8. The van der Waals surface area contributed by atoms with Crippen molar-refractivity contribution >= 4 is 0 Å². The highest BCUT2D eigenvalue weighted by molar-refractivity contribution is 5.15. The SMILES string of the molecule is CCNC(c1ccn(C)n1)C12CC3CC(CC(C3)C1)C2. The van der Waals surface area contributed by atoms with Crippen LogP contribution in [0.3, 0.4) is 0 Å². The first-order chi connectivity index (χ1) is 9.68. The van der Waals surface area contributed by atoms with Gasteiger partial charge in [-0.1, -0.05) is 6.92 Å². The summed E-state index contributed by atoms with van der Waals surface area (Å²) in [5.41, 5.74) is 1.77. The maximum Gasteiger partial charge on any atom is 0.0799 e. The Morgan fingerprint density at radius 3 is 2.30 bits per heavy atom. The molecule has 0 radical (unpaired) electrons. The molecule has 0 spiro atoms. The van der Waals surface area contributed by atoms with Crippen LogP contribution in [0.5, 0.6) is 0 Å². The molecule has 3 heteroatoms. The van der Waals surface area contributed by atoms with E-state index in [9.17, 15) is 0 Å². The van der Waals surface area contributed by atoms with E-state index in [-0.39, 0.29) is 0 Å². The average Bonchev–Trinajstić information content (AvgIpc) is 2.80. The highest BCUT2D eigenvalue weighted by atomic mass is 15.3. The third-order valence-corrected chi connectivity index (χ3v) is 6.14. The zero-order valence-corrected chi connectivity index (χ0v) is 12.8. The summed E-state index contributed by atoms with van der Waals surface area (Å²) >= 11 is 0. The molecule has 1 aromatic heterocycles. The van der Waals surface area contributed by atoms with Crippen molar-refractivity contribution in [3.05, 3.63) is 18.0 Å². The molecule has 4 saturated carbocycles. The summed E-state index contributed by atoms with van der Waals surface area (Å²) in [5.74, 6) is 3.02. The lowest BCUT2D eigenvalue weighted by Gasteiger charge is -2.59. The lowest BCUT2D eigenvalue weighted by Crippen LogP contribution is -2.52. The molecule has 5 rings (SSSR count). The minimum atomic E-state index is 0.474. The highest BCUT2D eigenvalue weighted by Gasteiger charge is 2.54. The van der Waals surface area contributed by atoms with Crippen LogP contribution in [0, 0.1) is 23.2 Å². The van der Waals surface area contributed by atoms with Gasteiger partial charge >= 0.3 is 0 Å². The molecule has 1 N–H and O–H groups in total. The summed E-state index contributed by atoms with van der Waals surface area (Å²) in [5, 5.41) is 8.53. The van der Waals surface area contributed by atoms with Crippen LogP contribution in [0.1, 0.15) is 57.2 Å². The van der Waals surface area contributed by atoms with Crippen LogP contribution in [0.4, 0.5) is 0 Å². The molecule has 110 valence electrons. The lowest BCUT2D eigenvalue weighted by molar-refractivity contribution is -0.0754. The number of aromatic nitrogens is 2. The Kier molecular flexibility index (Phi) is 2.95. The first-order valence-electron chi connectivity index (χ1n) is 8.41. The summed E-state index contributed by atoms with van der Waals surface area (Å²) in [6.45, 7) is 3.28. The van der Waals surface area contributed by atoms with E-state index in [0.717, 1.165) is 24.3 Å². The highest BCUT2D eigenvalue weighted by Crippen LogP contribution is 2.63. The van der Waals surface area contributed by atoms with Crippen LogP contribution in [0.2, 0.25) is 0 Å². The van der Waals surface area contributed by atoms with Crippen LogP contribution < -0.4 is 5.32 Å². The Morgan fingerprint density at radius 2 is 1.85 bits per heavy atom. The van der Waals surface area contributed by atoms with Crippen LogP contribution in [0.25, 0.3) is 0 Å².